The number of hydrogen-bond donors (Lipinski definition) is 0. The monoisotopic (exact) mass is 629 g/mol. The molecule has 240 valence electrons. The maximum absolute atomic E-state index is 13.8. The van der Waals surface area contributed by atoms with Gasteiger partial charge in [0, 0.05) is 47.8 Å². The van der Waals surface area contributed by atoms with Gasteiger partial charge >= 0.3 is 11.8 Å². The zero-order chi connectivity index (χ0) is 32.1. The van der Waals surface area contributed by atoms with E-state index in [9.17, 15) is 24.0 Å². The number of imide groups is 1. The molecule has 4 amide bonds. The van der Waals surface area contributed by atoms with Gasteiger partial charge in [-0.1, -0.05) is 19.6 Å². The Labute approximate surface area is 257 Å². The first-order chi connectivity index (χ1) is 20.6. The summed E-state index contributed by atoms with van der Waals surface area (Å²) in [6.07, 6.45) is -0.171. The third-order valence-electron chi connectivity index (χ3n) is 8.26. The number of imidazole rings is 1. The number of benzene rings is 1. The van der Waals surface area contributed by atoms with Crippen molar-refractivity contribution in [3.63, 3.8) is 0 Å². The van der Waals surface area contributed by atoms with E-state index in [1.54, 1.807) is 49.8 Å². The summed E-state index contributed by atoms with van der Waals surface area (Å²) in [5.74, 6) is -0.813. The number of nitrogens with zero attached hydrogens (tertiary/aromatic N) is 5. The predicted molar refractivity (Wildman–Crippen MR) is 164 cm³/mol. The van der Waals surface area contributed by atoms with E-state index in [-0.39, 0.29) is 50.3 Å². The molecule has 0 aliphatic carbocycles. The Hall–Kier alpha value is -3.65. The van der Waals surface area contributed by atoms with Crippen molar-refractivity contribution in [2.45, 2.75) is 77.0 Å². The van der Waals surface area contributed by atoms with E-state index in [2.05, 4.69) is 19.6 Å². The molecule has 2 fully saturated rings. The van der Waals surface area contributed by atoms with Crippen LogP contribution in [0.4, 0.5) is 4.79 Å². The predicted octanol–water partition coefficient (Wildman–Crippen LogP) is 2.80. The number of ether oxygens (including phenoxy) is 3. The molecule has 2 atom stereocenters. The standard InChI is InChI=1S/C30H43N5O8Si/c1-30(2,3)43-29(40)32-12-13-33-19(16-32)17-42-25-20(26(33)37)8-9-21-24(25)31(4)28(39)35(21)22-10-11-23(36)34(27(22)38)18-41-14-15-44(5,6)7/h8-9,19,22H,10-18H2,1-7H3/t19-,22?/m0/s1. The van der Waals surface area contributed by atoms with Crippen molar-refractivity contribution in [2.75, 3.05) is 39.6 Å². The molecule has 13 nitrogen and oxygen atoms in total. The molecule has 2 saturated heterocycles. The minimum atomic E-state index is -1.35. The molecule has 0 radical (unpaired) electrons. The number of hydrogen-bond acceptors (Lipinski definition) is 8. The topological polar surface area (TPSA) is 133 Å². The lowest BCUT2D eigenvalue weighted by atomic mass is 10.0. The Kier molecular flexibility index (Phi) is 8.44. The number of aromatic nitrogens is 2. The molecule has 1 unspecified atom stereocenters. The lowest BCUT2D eigenvalue weighted by Crippen LogP contribution is -2.58. The van der Waals surface area contributed by atoms with Gasteiger partial charge < -0.3 is 24.0 Å². The maximum atomic E-state index is 13.8. The molecule has 3 aliphatic heterocycles. The average molecular weight is 630 g/mol. The van der Waals surface area contributed by atoms with E-state index < -0.39 is 43.4 Å². The summed E-state index contributed by atoms with van der Waals surface area (Å²) in [6, 6.07) is 2.86. The van der Waals surface area contributed by atoms with Crippen LogP contribution in [-0.4, -0.2) is 107 Å². The number of fused-ring (bicyclic) bond motifs is 4. The number of amides is 4. The first-order valence-corrected chi connectivity index (χ1v) is 18.9. The molecule has 14 heteroatoms. The van der Waals surface area contributed by atoms with Crippen molar-refractivity contribution in [3.05, 3.63) is 28.2 Å². The summed E-state index contributed by atoms with van der Waals surface area (Å²) in [6.45, 7) is 13.4. The van der Waals surface area contributed by atoms with E-state index in [4.69, 9.17) is 14.2 Å². The molecule has 2 aromatic rings. The molecule has 5 rings (SSSR count). The van der Waals surface area contributed by atoms with Crippen LogP contribution in [-0.2, 0) is 26.1 Å². The van der Waals surface area contributed by atoms with Crippen molar-refractivity contribution < 1.29 is 33.4 Å². The van der Waals surface area contributed by atoms with Gasteiger partial charge in [0.25, 0.3) is 11.8 Å². The molecule has 3 aliphatic rings. The molecule has 0 N–H and O–H groups in total. The fourth-order valence-electron chi connectivity index (χ4n) is 5.88. The van der Waals surface area contributed by atoms with Crippen molar-refractivity contribution in [1.82, 2.24) is 23.8 Å². The zero-order valence-electron chi connectivity index (χ0n) is 26.7. The van der Waals surface area contributed by atoms with E-state index in [1.807, 2.05) is 0 Å². The van der Waals surface area contributed by atoms with E-state index in [0.29, 0.717) is 36.3 Å². The third kappa shape index (κ3) is 6.14. The second kappa shape index (κ2) is 11.7. The van der Waals surface area contributed by atoms with Crippen LogP contribution in [0, 0.1) is 0 Å². The minimum Gasteiger partial charge on any atom is -0.488 e. The number of carbonyl (C=O) groups excluding carboxylic acids is 4. The SMILES string of the molecule is Cn1c(=O)n(C2CCC(=O)N(COCC[Si](C)(C)C)C2=O)c2ccc3c(c21)OC[C@@H]1CN(C(=O)OC(C)(C)C)CCN1C3=O. The summed E-state index contributed by atoms with van der Waals surface area (Å²) in [4.78, 5) is 70.8. The highest BCUT2D eigenvalue weighted by atomic mass is 28.3. The Morgan fingerprint density at radius 1 is 1.09 bits per heavy atom. The summed E-state index contributed by atoms with van der Waals surface area (Å²) in [5, 5.41) is 0. The molecule has 1 aromatic carbocycles. The second-order valence-corrected chi connectivity index (χ2v) is 19.6. The quantitative estimate of drug-likeness (QED) is 0.271. The first-order valence-electron chi connectivity index (χ1n) is 15.1. The van der Waals surface area contributed by atoms with Gasteiger partial charge in [-0.15, -0.1) is 0 Å². The highest BCUT2D eigenvalue weighted by molar-refractivity contribution is 6.76. The molecule has 0 bridgehead atoms. The van der Waals surface area contributed by atoms with E-state index >= 15 is 0 Å². The van der Waals surface area contributed by atoms with Crippen LogP contribution in [0.2, 0.25) is 25.7 Å². The van der Waals surface area contributed by atoms with Gasteiger partial charge in [0.05, 0.1) is 17.1 Å². The van der Waals surface area contributed by atoms with Crippen molar-refractivity contribution >= 4 is 42.9 Å². The Balaban J connectivity index is 1.41. The fourth-order valence-corrected chi connectivity index (χ4v) is 6.63. The van der Waals surface area contributed by atoms with Gasteiger partial charge in [-0.25, -0.2) is 9.59 Å². The van der Waals surface area contributed by atoms with Crippen molar-refractivity contribution in [3.8, 4) is 5.75 Å². The van der Waals surface area contributed by atoms with Gasteiger partial charge in [0.1, 0.15) is 30.5 Å². The van der Waals surface area contributed by atoms with Crippen LogP contribution in [0.5, 0.6) is 5.75 Å². The van der Waals surface area contributed by atoms with Crippen molar-refractivity contribution in [1.29, 1.82) is 0 Å². The number of piperidine rings is 1. The third-order valence-corrected chi connectivity index (χ3v) is 9.96. The molecular weight excluding hydrogens is 586 g/mol. The van der Waals surface area contributed by atoms with Gasteiger partial charge in [0.2, 0.25) is 5.91 Å². The lowest BCUT2D eigenvalue weighted by Gasteiger charge is -2.40. The Morgan fingerprint density at radius 2 is 1.82 bits per heavy atom. The van der Waals surface area contributed by atoms with Gasteiger partial charge in [-0.2, -0.15) is 0 Å². The summed E-state index contributed by atoms with van der Waals surface area (Å²) >= 11 is 0. The number of likely N-dealkylation sites (tertiary alicyclic amines) is 1. The molecule has 44 heavy (non-hydrogen) atoms. The van der Waals surface area contributed by atoms with Crippen LogP contribution in [0.15, 0.2) is 16.9 Å². The molecule has 0 saturated carbocycles. The van der Waals surface area contributed by atoms with E-state index in [0.717, 1.165) is 10.9 Å². The summed E-state index contributed by atoms with van der Waals surface area (Å²) < 4.78 is 20.3. The smallest absolute Gasteiger partial charge is 0.410 e. The second-order valence-electron chi connectivity index (χ2n) is 14.0. The highest BCUT2D eigenvalue weighted by Crippen LogP contribution is 2.36. The van der Waals surface area contributed by atoms with Crippen LogP contribution >= 0.6 is 0 Å². The van der Waals surface area contributed by atoms with Crippen molar-refractivity contribution in [2.24, 2.45) is 7.05 Å². The average Bonchev–Trinajstić information content (AvgIpc) is 3.09. The zero-order valence-corrected chi connectivity index (χ0v) is 27.7. The highest BCUT2D eigenvalue weighted by Gasteiger charge is 2.41. The summed E-state index contributed by atoms with van der Waals surface area (Å²) in [5.41, 5.74) is 0.0453. The Morgan fingerprint density at radius 3 is 2.50 bits per heavy atom. The van der Waals surface area contributed by atoms with Gasteiger partial charge in [-0.05, 0) is 45.4 Å². The van der Waals surface area contributed by atoms with Gasteiger partial charge in [-0.3, -0.25) is 28.4 Å². The molecule has 0 spiro atoms. The van der Waals surface area contributed by atoms with E-state index in [1.165, 1.54) is 9.13 Å². The number of piperazine rings is 1. The lowest BCUT2D eigenvalue weighted by molar-refractivity contribution is -0.157. The number of carbonyl (C=O) groups is 4. The first kappa shape index (κ1) is 31.8. The number of rotatable bonds is 6. The fraction of sp³-hybridized carbons (Fsp3) is 0.633. The maximum Gasteiger partial charge on any atom is 0.410 e. The molecular formula is C30H43N5O8Si. The van der Waals surface area contributed by atoms with Gasteiger partial charge in [0.15, 0.2) is 5.75 Å². The largest absolute Gasteiger partial charge is 0.488 e. The summed E-state index contributed by atoms with van der Waals surface area (Å²) in [7, 11) is 0.226. The Bertz CT molecular complexity index is 1550. The number of aryl methyl sites for hydroxylation is 1. The minimum absolute atomic E-state index is 0.0985. The van der Waals surface area contributed by atoms with Crippen LogP contribution in [0.1, 0.15) is 50.0 Å². The van der Waals surface area contributed by atoms with Crippen LogP contribution < -0.4 is 10.4 Å². The van der Waals surface area contributed by atoms with Crippen LogP contribution in [0.25, 0.3) is 11.0 Å². The molecule has 4 heterocycles. The molecule has 1 aromatic heterocycles. The normalized spacial score (nSPS) is 21.2. The van der Waals surface area contributed by atoms with Crippen LogP contribution in [0.3, 0.4) is 0 Å².